The van der Waals surface area contributed by atoms with Gasteiger partial charge in [0.2, 0.25) is 5.89 Å². The van der Waals surface area contributed by atoms with E-state index in [-0.39, 0.29) is 18.4 Å². The third-order valence-electron chi connectivity index (χ3n) is 3.52. The first-order chi connectivity index (χ1) is 10.2. The van der Waals surface area contributed by atoms with Gasteiger partial charge in [0.05, 0.1) is 6.54 Å². The highest BCUT2D eigenvalue weighted by molar-refractivity contribution is 5.92. The van der Waals surface area contributed by atoms with Gasteiger partial charge in [-0.25, -0.2) is 0 Å². The summed E-state index contributed by atoms with van der Waals surface area (Å²) in [4.78, 5) is 16.3. The van der Waals surface area contributed by atoms with Crippen molar-refractivity contribution in [3.8, 4) is 0 Å². The number of aromatic nitrogens is 4. The molecule has 3 rings (SSSR count). The van der Waals surface area contributed by atoms with Crippen LogP contribution in [0.2, 0.25) is 0 Å². The molecule has 0 bridgehead atoms. The Kier molecular flexibility index (Phi) is 3.96. The Hall–Kier alpha value is -2.22. The number of nitrogens with one attached hydrogen (secondary N) is 1. The molecule has 0 atom stereocenters. The van der Waals surface area contributed by atoms with E-state index in [0.717, 1.165) is 26.1 Å². The van der Waals surface area contributed by atoms with Crippen molar-refractivity contribution in [3.63, 3.8) is 0 Å². The SMILES string of the molecule is Cn1nccc1C(=O)NCc1nc(C2CCOCC2)no1. The van der Waals surface area contributed by atoms with Crippen molar-refractivity contribution in [2.45, 2.75) is 25.3 Å². The number of carbonyl (C=O) groups is 1. The third-order valence-corrected chi connectivity index (χ3v) is 3.52. The van der Waals surface area contributed by atoms with Gasteiger partial charge in [-0.2, -0.15) is 10.1 Å². The van der Waals surface area contributed by atoms with Crippen LogP contribution in [0.4, 0.5) is 0 Å². The van der Waals surface area contributed by atoms with Crippen LogP contribution in [0, 0.1) is 0 Å². The molecule has 8 heteroatoms. The molecule has 0 radical (unpaired) electrons. The Morgan fingerprint density at radius 1 is 1.48 bits per heavy atom. The number of hydrogen-bond donors (Lipinski definition) is 1. The molecular formula is C13H17N5O3. The van der Waals surface area contributed by atoms with Crippen molar-refractivity contribution in [1.82, 2.24) is 25.2 Å². The summed E-state index contributed by atoms with van der Waals surface area (Å²) < 4.78 is 12.0. The molecule has 2 aromatic rings. The maximum Gasteiger partial charge on any atom is 0.269 e. The van der Waals surface area contributed by atoms with Gasteiger partial charge in [-0.1, -0.05) is 5.16 Å². The number of amides is 1. The maximum atomic E-state index is 11.9. The van der Waals surface area contributed by atoms with E-state index < -0.39 is 0 Å². The summed E-state index contributed by atoms with van der Waals surface area (Å²) in [5, 5.41) is 10.7. The van der Waals surface area contributed by atoms with Gasteiger partial charge >= 0.3 is 0 Å². The molecule has 1 aliphatic rings. The van der Waals surface area contributed by atoms with Crippen LogP contribution in [0.5, 0.6) is 0 Å². The number of nitrogens with zero attached hydrogens (tertiary/aromatic N) is 4. The van der Waals surface area contributed by atoms with Crippen LogP contribution in [-0.2, 0) is 18.3 Å². The van der Waals surface area contributed by atoms with E-state index in [1.165, 1.54) is 4.68 Å². The number of rotatable bonds is 4. The second-order valence-electron chi connectivity index (χ2n) is 4.96. The molecular weight excluding hydrogens is 274 g/mol. The van der Waals surface area contributed by atoms with Crippen LogP contribution >= 0.6 is 0 Å². The number of hydrogen-bond acceptors (Lipinski definition) is 6. The standard InChI is InChI=1S/C13H17N5O3/c1-18-10(2-5-15-18)13(19)14-8-11-16-12(17-21-11)9-3-6-20-7-4-9/h2,5,9H,3-4,6-8H2,1H3,(H,14,19). The average molecular weight is 291 g/mol. The zero-order valence-electron chi connectivity index (χ0n) is 11.8. The zero-order valence-corrected chi connectivity index (χ0v) is 11.8. The lowest BCUT2D eigenvalue weighted by molar-refractivity contribution is 0.0830. The Labute approximate surface area is 121 Å². The average Bonchev–Trinajstić information content (AvgIpc) is 3.15. The van der Waals surface area contributed by atoms with Crippen LogP contribution in [-0.4, -0.2) is 39.0 Å². The van der Waals surface area contributed by atoms with Crippen molar-refractivity contribution in [2.75, 3.05) is 13.2 Å². The van der Waals surface area contributed by atoms with Gasteiger partial charge in [-0.05, 0) is 18.9 Å². The fourth-order valence-electron chi connectivity index (χ4n) is 2.30. The molecule has 2 aromatic heterocycles. The summed E-state index contributed by atoms with van der Waals surface area (Å²) >= 11 is 0. The fourth-order valence-corrected chi connectivity index (χ4v) is 2.30. The molecule has 21 heavy (non-hydrogen) atoms. The van der Waals surface area contributed by atoms with Gasteiger partial charge in [0, 0.05) is 32.4 Å². The molecule has 8 nitrogen and oxygen atoms in total. The summed E-state index contributed by atoms with van der Waals surface area (Å²) in [6, 6.07) is 1.65. The quantitative estimate of drug-likeness (QED) is 0.887. The number of carbonyl (C=O) groups excluding carboxylic acids is 1. The molecule has 3 heterocycles. The van der Waals surface area contributed by atoms with E-state index in [1.807, 2.05) is 0 Å². The molecule has 0 saturated carbocycles. The highest BCUT2D eigenvalue weighted by Crippen LogP contribution is 2.24. The molecule has 1 fully saturated rings. The van der Waals surface area contributed by atoms with E-state index in [9.17, 15) is 4.79 Å². The Morgan fingerprint density at radius 3 is 3.00 bits per heavy atom. The van der Waals surface area contributed by atoms with Crippen molar-refractivity contribution in [2.24, 2.45) is 7.05 Å². The van der Waals surface area contributed by atoms with E-state index in [2.05, 4.69) is 20.6 Å². The first-order valence-electron chi connectivity index (χ1n) is 6.90. The minimum atomic E-state index is -0.221. The number of aryl methyl sites for hydroxylation is 1. The summed E-state index contributed by atoms with van der Waals surface area (Å²) in [6.07, 6.45) is 3.38. The second kappa shape index (κ2) is 6.04. The van der Waals surface area contributed by atoms with Gasteiger partial charge in [0.15, 0.2) is 5.82 Å². The topological polar surface area (TPSA) is 95.1 Å². The lowest BCUT2D eigenvalue weighted by atomic mass is 10.00. The minimum absolute atomic E-state index is 0.209. The first kappa shape index (κ1) is 13.7. The van der Waals surface area contributed by atoms with Crippen LogP contribution in [0.25, 0.3) is 0 Å². The van der Waals surface area contributed by atoms with Gasteiger partial charge < -0.3 is 14.6 Å². The zero-order chi connectivity index (χ0) is 14.7. The van der Waals surface area contributed by atoms with Crippen molar-refractivity contribution >= 4 is 5.91 Å². The highest BCUT2D eigenvalue weighted by Gasteiger charge is 2.21. The van der Waals surface area contributed by atoms with Crippen molar-refractivity contribution in [3.05, 3.63) is 29.7 Å². The third kappa shape index (κ3) is 3.10. The molecule has 0 unspecified atom stereocenters. The fraction of sp³-hybridized carbons (Fsp3) is 0.538. The molecule has 1 amide bonds. The molecule has 1 aliphatic heterocycles. The summed E-state index contributed by atoms with van der Waals surface area (Å²) in [6.45, 7) is 1.66. The van der Waals surface area contributed by atoms with Crippen LogP contribution < -0.4 is 5.32 Å². The number of ether oxygens (including phenoxy) is 1. The maximum absolute atomic E-state index is 11.9. The van der Waals surface area contributed by atoms with E-state index >= 15 is 0 Å². The lowest BCUT2D eigenvalue weighted by Crippen LogP contribution is -2.25. The van der Waals surface area contributed by atoms with Gasteiger partial charge in [-0.3, -0.25) is 9.48 Å². The van der Waals surface area contributed by atoms with E-state index in [1.54, 1.807) is 19.3 Å². The Morgan fingerprint density at radius 2 is 2.29 bits per heavy atom. The highest BCUT2D eigenvalue weighted by atomic mass is 16.5. The van der Waals surface area contributed by atoms with Crippen molar-refractivity contribution < 1.29 is 14.1 Å². The van der Waals surface area contributed by atoms with Crippen LogP contribution in [0.1, 0.15) is 41.0 Å². The van der Waals surface area contributed by atoms with Crippen molar-refractivity contribution in [1.29, 1.82) is 0 Å². The second-order valence-corrected chi connectivity index (χ2v) is 4.96. The molecule has 0 spiro atoms. The van der Waals surface area contributed by atoms with Gasteiger partial charge in [0.1, 0.15) is 5.69 Å². The molecule has 0 aliphatic carbocycles. The molecule has 1 saturated heterocycles. The molecule has 0 aromatic carbocycles. The Bertz CT molecular complexity index is 615. The molecule has 112 valence electrons. The summed E-state index contributed by atoms with van der Waals surface area (Å²) in [5.41, 5.74) is 0.485. The smallest absolute Gasteiger partial charge is 0.269 e. The first-order valence-corrected chi connectivity index (χ1v) is 6.90. The summed E-state index contributed by atoms with van der Waals surface area (Å²) in [7, 11) is 1.71. The normalized spacial score (nSPS) is 16.0. The van der Waals surface area contributed by atoms with Gasteiger partial charge in [-0.15, -0.1) is 0 Å². The van der Waals surface area contributed by atoms with Crippen LogP contribution in [0.3, 0.4) is 0 Å². The summed E-state index contributed by atoms with van der Waals surface area (Å²) in [5.74, 6) is 1.17. The van der Waals surface area contributed by atoms with E-state index in [0.29, 0.717) is 17.4 Å². The van der Waals surface area contributed by atoms with Crippen LogP contribution in [0.15, 0.2) is 16.8 Å². The minimum Gasteiger partial charge on any atom is -0.381 e. The monoisotopic (exact) mass is 291 g/mol. The predicted octanol–water partition coefficient (Wildman–Crippen LogP) is 0.627. The lowest BCUT2D eigenvalue weighted by Gasteiger charge is -2.18. The van der Waals surface area contributed by atoms with E-state index in [4.69, 9.17) is 9.26 Å². The van der Waals surface area contributed by atoms with Gasteiger partial charge in [0.25, 0.3) is 5.91 Å². The largest absolute Gasteiger partial charge is 0.381 e. The predicted molar refractivity (Wildman–Crippen MR) is 71.5 cm³/mol. The molecule has 1 N–H and O–H groups in total. The Balaban J connectivity index is 1.57.